The van der Waals surface area contributed by atoms with Crippen molar-refractivity contribution < 1.29 is 19.4 Å². The molecular formula is C25H28N2O4S. The monoisotopic (exact) mass is 452 g/mol. The highest BCUT2D eigenvalue weighted by Gasteiger charge is 2.42. The van der Waals surface area contributed by atoms with Crippen LogP contribution < -0.4 is 10.1 Å². The summed E-state index contributed by atoms with van der Waals surface area (Å²) in [6.45, 7) is 1.84. The van der Waals surface area contributed by atoms with Crippen LogP contribution in [-0.2, 0) is 9.59 Å². The molecule has 1 heterocycles. The van der Waals surface area contributed by atoms with Crippen molar-refractivity contribution in [3.05, 3.63) is 65.1 Å². The Hall–Kier alpha value is -2.93. The number of ether oxygens (including phenoxy) is 1. The Kier molecular flexibility index (Phi) is 7.05. The smallest absolute Gasteiger partial charge is 0.341 e. The number of thioether (sulfide) groups is 1. The van der Waals surface area contributed by atoms with E-state index in [1.807, 2.05) is 47.4 Å². The molecule has 2 aromatic carbocycles. The third-order valence-electron chi connectivity index (χ3n) is 5.94. The number of amides is 1. The number of aliphatic carboxylic acids is 1. The first kappa shape index (κ1) is 22.3. The molecule has 1 amide bonds. The molecule has 2 aliphatic rings. The van der Waals surface area contributed by atoms with Crippen LogP contribution in [0, 0.1) is 5.92 Å². The number of para-hydroxylation sites is 1. The van der Waals surface area contributed by atoms with E-state index in [0.29, 0.717) is 16.6 Å². The van der Waals surface area contributed by atoms with Gasteiger partial charge in [0, 0.05) is 11.7 Å². The summed E-state index contributed by atoms with van der Waals surface area (Å²) in [6, 6.07) is 17.3. The molecule has 32 heavy (non-hydrogen) atoms. The summed E-state index contributed by atoms with van der Waals surface area (Å²) >= 11 is 1.53. The van der Waals surface area contributed by atoms with Crippen molar-refractivity contribution in [2.75, 3.05) is 11.9 Å². The Morgan fingerprint density at radius 2 is 1.97 bits per heavy atom. The molecule has 2 fully saturated rings. The lowest BCUT2D eigenvalue weighted by molar-refractivity contribution is -0.139. The zero-order valence-electron chi connectivity index (χ0n) is 18.1. The standard InChI is InChI=1S/C25H28N2O4S/c1-17-8-5-6-13-21(17)27-24(30)22(32-25(27)26-19-10-3-2-4-11-19)15-18-9-7-12-20(14-18)31-16-23(28)29/h2-4,7,9-12,14-15,17,21,25-26H,5-6,8,13,16H2,1H3,(H,28,29)/b22-15-/t17-,21+,25?/m0/s1. The molecule has 1 aliphatic carbocycles. The maximum Gasteiger partial charge on any atom is 0.341 e. The molecule has 0 spiro atoms. The number of carboxylic acids is 1. The topological polar surface area (TPSA) is 78.9 Å². The van der Waals surface area contributed by atoms with E-state index in [2.05, 4.69) is 12.2 Å². The van der Waals surface area contributed by atoms with Gasteiger partial charge in [-0.1, -0.05) is 61.9 Å². The number of rotatable bonds is 7. The third kappa shape index (κ3) is 5.27. The maximum atomic E-state index is 13.5. The van der Waals surface area contributed by atoms with E-state index in [9.17, 15) is 9.59 Å². The molecule has 0 aromatic heterocycles. The lowest BCUT2D eigenvalue weighted by Crippen LogP contribution is -2.48. The molecule has 2 N–H and O–H groups in total. The Bertz CT molecular complexity index is 994. The van der Waals surface area contributed by atoms with Gasteiger partial charge in [0.1, 0.15) is 5.75 Å². The summed E-state index contributed by atoms with van der Waals surface area (Å²) in [6.07, 6.45) is 6.39. The fourth-order valence-corrected chi connectivity index (χ4v) is 5.57. The van der Waals surface area contributed by atoms with Gasteiger partial charge in [0.15, 0.2) is 12.1 Å². The molecule has 3 atom stereocenters. The molecule has 1 unspecified atom stereocenters. The molecule has 4 rings (SSSR count). The number of nitrogens with zero attached hydrogens (tertiary/aromatic N) is 1. The molecule has 168 valence electrons. The number of anilines is 1. The molecule has 1 saturated heterocycles. The molecule has 7 heteroatoms. The summed E-state index contributed by atoms with van der Waals surface area (Å²) < 4.78 is 5.29. The number of hydrogen-bond donors (Lipinski definition) is 2. The van der Waals surface area contributed by atoms with Gasteiger partial charge >= 0.3 is 5.97 Å². The second kappa shape index (κ2) is 10.1. The molecule has 0 radical (unpaired) electrons. The third-order valence-corrected chi connectivity index (χ3v) is 7.06. The van der Waals surface area contributed by atoms with Crippen molar-refractivity contribution in [1.29, 1.82) is 0 Å². The van der Waals surface area contributed by atoms with Crippen molar-refractivity contribution in [3.63, 3.8) is 0 Å². The Labute approximate surface area is 192 Å². The van der Waals surface area contributed by atoms with Crippen LogP contribution in [0.2, 0.25) is 0 Å². The van der Waals surface area contributed by atoms with Gasteiger partial charge in [-0.15, -0.1) is 0 Å². The predicted molar refractivity (Wildman–Crippen MR) is 127 cm³/mol. The second-order valence-electron chi connectivity index (χ2n) is 8.29. The minimum absolute atomic E-state index is 0.0408. The second-order valence-corrected chi connectivity index (χ2v) is 9.41. The van der Waals surface area contributed by atoms with Gasteiger partial charge in [-0.05, 0) is 54.7 Å². The van der Waals surface area contributed by atoms with Gasteiger partial charge in [-0.2, -0.15) is 0 Å². The van der Waals surface area contributed by atoms with Crippen molar-refractivity contribution in [2.45, 2.75) is 44.1 Å². The van der Waals surface area contributed by atoms with Crippen molar-refractivity contribution >= 4 is 35.4 Å². The van der Waals surface area contributed by atoms with Gasteiger partial charge in [0.05, 0.1) is 4.91 Å². The van der Waals surface area contributed by atoms with Crippen LogP contribution in [0.25, 0.3) is 6.08 Å². The number of hydrogen-bond acceptors (Lipinski definition) is 5. The summed E-state index contributed by atoms with van der Waals surface area (Å²) in [7, 11) is 0. The lowest BCUT2D eigenvalue weighted by atomic mass is 9.85. The number of nitrogens with one attached hydrogen (secondary N) is 1. The fraction of sp³-hybridized carbons (Fsp3) is 0.360. The highest BCUT2D eigenvalue weighted by Crippen LogP contribution is 2.42. The highest BCUT2D eigenvalue weighted by molar-refractivity contribution is 8.05. The summed E-state index contributed by atoms with van der Waals surface area (Å²) in [4.78, 5) is 27.0. The van der Waals surface area contributed by atoms with E-state index in [1.165, 1.54) is 18.2 Å². The fourth-order valence-electron chi connectivity index (χ4n) is 4.36. The highest BCUT2D eigenvalue weighted by atomic mass is 32.2. The molecule has 6 nitrogen and oxygen atoms in total. The van der Waals surface area contributed by atoms with E-state index in [0.717, 1.165) is 30.5 Å². The lowest BCUT2D eigenvalue weighted by Gasteiger charge is -2.39. The van der Waals surface area contributed by atoms with Crippen LogP contribution in [0.1, 0.15) is 38.2 Å². The van der Waals surface area contributed by atoms with E-state index < -0.39 is 12.6 Å². The average Bonchev–Trinajstić information content (AvgIpc) is 3.08. The molecular weight excluding hydrogens is 424 g/mol. The van der Waals surface area contributed by atoms with Crippen LogP contribution in [-0.4, -0.2) is 40.0 Å². The first-order valence-corrected chi connectivity index (χ1v) is 11.9. The Morgan fingerprint density at radius 1 is 1.19 bits per heavy atom. The Balaban J connectivity index is 1.59. The number of carbonyl (C=O) groups is 2. The normalized spacial score (nSPS) is 24.5. The zero-order chi connectivity index (χ0) is 22.5. The van der Waals surface area contributed by atoms with Crippen LogP contribution >= 0.6 is 11.8 Å². The van der Waals surface area contributed by atoms with E-state index in [1.54, 1.807) is 18.2 Å². The van der Waals surface area contributed by atoms with Crippen LogP contribution in [0.3, 0.4) is 0 Å². The molecule has 1 aliphatic heterocycles. The predicted octanol–water partition coefficient (Wildman–Crippen LogP) is 5.04. The minimum atomic E-state index is -1.03. The van der Waals surface area contributed by atoms with Gasteiger partial charge in [0.2, 0.25) is 0 Å². The molecule has 0 bridgehead atoms. The first-order chi connectivity index (χ1) is 15.5. The molecule has 1 saturated carbocycles. The Morgan fingerprint density at radius 3 is 2.72 bits per heavy atom. The van der Waals surface area contributed by atoms with Gasteiger partial charge in [-0.3, -0.25) is 4.79 Å². The van der Waals surface area contributed by atoms with E-state index >= 15 is 0 Å². The summed E-state index contributed by atoms with van der Waals surface area (Å²) in [5.41, 5.74) is 1.62. The van der Waals surface area contributed by atoms with Crippen molar-refractivity contribution in [3.8, 4) is 5.75 Å². The maximum absolute atomic E-state index is 13.5. The molecule has 2 aromatic rings. The number of carboxylic acid groups (broad SMARTS) is 1. The summed E-state index contributed by atoms with van der Waals surface area (Å²) in [5.74, 6) is -0.0595. The number of carbonyl (C=O) groups excluding carboxylic acids is 1. The zero-order valence-corrected chi connectivity index (χ0v) is 18.9. The van der Waals surface area contributed by atoms with E-state index in [4.69, 9.17) is 9.84 Å². The largest absolute Gasteiger partial charge is 0.482 e. The van der Waals surface area contributed by atoms with Crippen LogP contribution in [0.5, 0.6) is 5.75 Å². The van der Waals surface area contributed by atoms with Crippen LogP contribution in [0.15, 0.2) is 59.5 Å². The van der Waals surface area contributed by atoms with E-state index in [-0.39, 0.29) is 17.4 Å². The quantitative estimate of drug-likeness (QED) is 0.573. The van der Waals surface area contributed by atoms with Gasteiger partial charge in [-0.25, -0.2) is 4.79 Å². The first-order valence-electron chi connectivity index (χ1n) is 11.0. The average molecular weight is 453 g/mol. The van der Waals surface area contributed by atoms with Crippen LogP contribution in [0.4, 0.5) is 5.69 Å². The van der Waals surface area contributed by atoms with Gasteiger partial charge < -0.3 is 20.1 Å². The minimum Gasteiger partial charge on any atom is -0.482 e. The van der Waals surface area contributed by atoms with Crippen molar-refractivity contribution in [1.82, 2.24) is 4.90 Å². The van der Waals surface area contributed by atoms with Crippen molar-refractivity contribution in [2.24, 2.45) is 5.92 Å². The van der Waals surface area contributed by atoms with Gasteiger partial charge in [0.25, 0.3) is 5.91 Å². The summed E-state index contributed by atoms with van der Waals surface area (Å²) in [5, 5.41) is 12.4. The SMILES string of the molecule is C[C@H]1CCCC[C@H]1N1C(=O)/C(=C/c2cccc(OCC(=O)O)c2)SC1Nc1ccccc1. The number of benzene rings is 2.